The van der Waals surface area contributed by atoms with Crippen LogP contribution in [0.15, 0.2) is 0 Å². The summed E-state index contributed by atoms with van der Waals surface area (Å²) in [5.74, 6) is -0.647. The summed E-state index contributed by atoms with van der Waals surface area (Å²) < 4.78 is 0. The Hall–Kier alpha value is -0.940. The highest BCUT2D eigenvalue weighted by atomic mass is 16.3. The molecule has 0 unspecified atom stereocenters. The predicted octanol–water partition coefficient (Wildman–Crippen LogP) is -1.12. The van der Waals surface area contributed by atoms with Gasteiger partial charge in [0.15, 0.2) is 0 Å². The fourth-order valence-electron chi connectivity index (χ4n) is 1.37. The van der Waals surface area contributed by atoms with Gasteiger partial charge in [-0.1, -0.05) is 0 Å². The van der Waals surface area contributed by atoms with E-state index in [2.05, 4.69) is 0 Å². The topological polar surface area (TPSA) is 77.8 Å². The van der Waals surface area contributed by atoms with Gasteiger partial charge in [-0.3, -0.25) is 14.5 Å². The van der Waals surface area contributed by atoms with E-state index in [-0.39, 0.29) is 24.7 Å². The van der Waals surface area contributed by atoms with Gasteiger partial charge in [-0.25, -0.2) is 0 Å². The van der Waals surface area contributed by atoms with Crippen molar-refractivity contribution in [2.75, 3.05) is 13.2 Å². The lowest BCUT2D eigenvalue weighted by atomic mass is 10.0. The second-order valence-electron chi connectivity index (χ2n) is 3.44. The van der Waals surface area contributed by atoms with Crippen LogP contribution in [0.2, 0.25) is 0 Å². The van der Waals surface area contributed by atoms with Crippen molar-refractivity contribution in [2.24, 2.45) is 0 Å². The van der Waals surface area contributed by atoms with Crippen molar-refractivity contribution in [3.05, 3.63) is 0 Å². The third-order valence-corrected chi connectivity index (χ3v) is 2.27. The van der Waals surface area contributed by atoms with Gasteiger partial charge in [0.05, 0.1) is 18.8 Å². The van der Waals surface area contributed by atoms with Crippen LogP contribution in [0.1, 0.15) is 19.8 Å². The SMILES string of the molecule is CC(CO)(CO)N1C(=O)CCC1=O. The number of carbonyl (C=O) groups is 2. The number of likely N-dealkylation sites (tertiary alicyclic amines) is 1. The summed E-state index contributed by atoms with van der Waals surface area (Å²) in [7, 11) is 0. The van der Waals surface area contributed by atoms with Gasteiger partial charge in [-0.05, 0) is 6.92 Å². The van der Waals surface area contributed by atoms with E-state index in [0.717, 1.165) is 4.90 Å². The van der Waals surface area contributed by atoms with Crippen LogP contribution in [0, 0.1) is 0 Å². The summed E-state index contributed by atoms with van der Waals surface area (Å²) in [4.78, 5) is 23.4. The lowest BCUT2D eigenvalue weighted by Crippen LogP contribution is -2.54. The number of amides is 2. The molecule has 0 radical (unpaired) electrons. The van der Waals surface area contributed by atoms with Crippen LogP contribution in [0.25, 0.3) is 0 Å². The molecule has 1 fully saturated rings. The van der Waals surface area contributed by atoms with Gasteiger partial charge in [0.1, 0.15) is 0 Å². The van der Waals surface area contributed by atoms with Crippen molar-refractivity contribution >= 4 is 11.8 Å². The lowest BCUT2D eigenvalue weighted by Gasteiger charge is -2.33. The summed E-state index contributed by atoms with van der Waals surface area (Å²) in [5.41, 5.74) is -1.15. The zero-order valence-electron chi connectivity index (χ0n) is 7.49. The summed E-state index contributed by atoms with van der Waals surface area (Å²) in [5, 5.41) is 18.0. The molecular weight excluding hydrogens is 174 g/mol. The largest absolute Gasteiger partial charge is 0.394 e. The van der Waals surface area contributed by atoms with Crippen LogP contribution in [-0.2, 0) is 9.59 Å². The molecule has 5 nitrogen and oxygen atoms in total. The van der Waals surface area contributed by atoms with E-state index in [1.54, 1.807) is 0 Å². The molecule has 74 valence electrons. The first-order valence-corrected chi connectivity index (χ1v) is 4.13. The molecule has 13 heavy (non-hydrogen) atoms. The summed E-state index contributed by atoms with van der Waals surface area (Å²) in [6, 6.07) is 0. The second-order valence-corrected chi connectivity index (χ2v) is 3.44. The Kier molecular flexibility index (Phi) is 2.68. The Balaban J connectivity index is 2.90. The number of carbonyl (C=O) groups excluding carboxylic acids is 2. The Labute approximate surface area is 76.0 Å². The zero-order chi connectivity index (χ0) is 10.1. The normalized spacial score (nSPS) is 18.5. The molecule has 0 saturated carbocycles. The minimum atomic E-state index is -1.15. The number of imide groups is 1. The predicted molar refractivity (Wildman–Crippen MR) is 43.7 cm³/mol. The van der Waals surface area contributed by atoms with E-state index >= 15 is 0 Å². The minimum Gasteiger partial charge on any atom is -0.394 e. The van der Waals surface area contributed by atoms with Crippen molar-refractivity contribution in [2.45, 2.75) is 25.3 Å². The maximum Gasteiger partial charge on any atom is 0.230 e. The highest BCUT2D eigenvalue weighted by Crippen LogP contribution is 2.22. The molecule has 0 aromatic rings. The van der Waals surface area contributed by atoms with Crippen LogP contribution < -0.4 is 0 Å². The van der Waals surface area contributed by atoms with Gasteiger partial charge in [0, 0.05) is 12.8 Å². The van der Waals surface area contributed by atoms with E-state index < -0.39 is 18.8 Å². The van der Waals surface area contributed by atoms with Gasteiger partial charge in [-0.15, -0.1) is 0 Å². The zero-order valence-corrected chi connectivity index (χ0v) is 7.49. The first kappa shape index (κ1) is 10.1. The third kappa shape index (κ3) is 1.57. The number of aliphatic hydroxyl groups is 2. The van der Waals surface area contributed by atoms with E-state index in [1.807, 2.05) is 0 Å². The average Bonchev–Trinajstić information content (AvgIpc) is 2.46. The molecular formula is C8H13NO4. The lowest BCUT2D eigenvalue weighted by molar-refractivity contribution is -0.149. The number of aliphatic hydroxyl groups excluding tert-OH is 2. The Morgan fingerprint density at radius 1 is 1.23 bits per heavy atom. The van der Waals surface area contributed by atoms with Gasteiger partial charge >= 0.3 is 0 Å². The quantitative estimate of drug-likeness (QED) is 0.548. The first-order chi connectivity index (χ1) is 6.05. The number of hydrogen-bond acceptors (Lipinski definition) is 4. The molecule has 2 N–H and O–H groups in total. The van der Waals surface area contributed by atoms with Gasteiger partial charge in [0.25, 0.3) is 0 Å². The fraction of sp³-hybridized carbons (Fsp3) is 0.750. The van der Waals surface area contributed by atoms with Gasteiger partial charge in [-0.2, -0.15) is 0 Å². The molecule has 1 rings (SSSR count). The van der Waals surface area contributed by atoms with E-state index in [1.165, 1.54) is 6.92 Å². The molecule has 2 amide bonds. The van der Waals surface area contributed by atoms with Crippen molar-refractivity contribution in [1.29, 1.82) is 0 Å². The smallest absolute Gasteiger partial charge is 0.230 e. The molecule has 1 saturated heterocycles. The molecule has 1 heterocycles. The molecule has 0 aromatic heterocycles. The maximum absolute atomic E-state index is 11.2. The number of hydrogen-bond donors (Lipinski definition) is 2. The molecule has 5 heteroatoms. The molecule has 0 bridgehead atoms. The number of rotatable bonds is 3. The van der Waals surface area contributed by atoms with Crippen molar-refractivity contribution < 1.29 is 19.8 Å². The molecule has 1 aliphatic rings. The standard InChI is InChI=1S/C8H13NO4/c1-8(4-10,5-11)9-6(12)2-3-7(9)13/h10-11H,2-5H2,1H3. The summed E-state index contributed by atoms with van der Waals surface area (Å²) in [6.45, 7) is 0.649. The van der Waals surface area contributed by atoms with Crippen LogP contribution >= 0.6 is 0 Å². The monoisotopic (exact) mass is 187 g/mol. The summed E-state index contributed by atoms with van der Waals surface area (Å²) >= 11 is 0. The average molecular weight is 187 g/mol. The summed E-state index contributed by atoms with van der Waals surface area (Å²) in [6.07, 6.45) is 0.350. The minimum absolute atomic E-state index is 0.175. The van der Waals surface area contributed by atoms with E-state index in [9.17, 15) is 9.59 Å². The molecule has 0 spiro atoms. The first-order valence-electron chi connectivity index (χ1n) is 4.13. The highest BCUT2D eigenvalue weighted by Gasteiger charge is 2.42. The van der Waals surface area contributed by atoms with Crippen LogP contribution in [-0.4, -0.2) is 45.7 Å². The van der Waals surface area contributed by atoms with Gasteiger partial charge in [0.2, 0.25) is 11.8 Å². The van der Waals surface area contributed by atoms with Crippen LogP contribution in [0.5, 0.6) is 0 Å². The number of nitrogens with zero attached hydrogens (tertiary/aromatic N) is 1. The molecule has 0 aliphatic carbocycles. The molecule has 0 atom stereocenters. The van der Waals surface area contributed by atoms with Crippen LogP contribution in [0.4, 0.5) is 0 Å². The van der Waals surface area contributed by atoms with Crippen molar-refractivity contribution in [3.63, 3.8) is 0 Å². The van der Waals surface area contributed by atoms with Crippen LogP contribution in [0.3, 0.4) is 0 Å². The maximum atomic E-state index is 11.2. The van der Waals surface area contributed by atoms with Crippen molar-refractivity contribution in [1.82, 2.24) is 4.90 Å². The molecule has 1 aliphatic heterocycles. The third-order valence-electron chi connectivity index (χ3n) is 2.27. The second kappa shape index (κ2) is 3.43. The van der Waals surface area contributed by atoms with E-state index in [0.29, 0.717) is 0 Å². The Morgan fingerprint density at radius 3 is 1.92 bits per heavy atom. The Morgan fingerprint density at radius 2 is 1.62 bits per heavy atom. The highest BCUT2D eigenvalue weighted by molar-refractivity contribution is 6.02. The Bertz CT molecular complexity index is 218. The van der Waals surface area contributed by atoms with E-state index in [4.69, 9.17) is 10.2 Å². The van der Waals surface area contributed by atoms with Crippen molar-refractivity contribution in [3.8, 4) is 0 Å². The molecule has 0 aromatic carbocycles. The van der Waals surface area contributed by atoms with Gasteiger partial charge < -0.3 is 10.2 Å². The fourth-order valence-corrected chi connectivity index (χ4v) is 1.37.